The van der Waals surface area contributed by atoms with Crippen molar-refractivity contribution in [3.05, 3.63) is 0 Å². The first-order valence-corrected chi connectivity index (χ1v) is 7.35. The number of ether oxygens (including phenoxy) is 1. The van der Waals surface area contributed by atoms with Gasteiger partial charge in [0, 0.05) is 6.61 Å². The van der Waals surface area contributed by atoms with Crippen LogP contribution in [0.1, 0.15) is 34.6 Å². The van der Waals surface area contributed by atoms with E-state index < -0.39 is 14.5 Å². The Kier molecular flexibility index (Phi) is 7.08. The van der Waals surface area contributed by atoms with Gasteiger partial charge in [-0.15, -0.1) is 0 Å². The maximum absolute atomic E-state index is 5.75. The van der Waals surface area contributed by atoms with Crippen LogP contribution < -0.4 is 0 Å². The summed E-state index contributed by atoms with van der Waals surface area (Å²) in [6.07, 6.45) is 0. The van der Waals surface area contributed by atoms with Crippen molar-refractivity contribution in [2.24, 2.45) is 0 Å². The van der Waals surface area contributed by atoms with E-state index in [0.29, 0.717) is 0 Å². The molecule has 0 atom stereocenters. The number of hydrogen-bond donors (Lipinski definition) is 0. The molecule has 0 heterocycles. The minimum Gasteiger partial charge on any atom is -0.499 e. The Morgan fingerprint density at radius 2 is 1.54 bits per heavy atom. The van der Waals surface area contributed by atoms with Crippen molar-refractivity contribution < 1.29 is 8.53 Å². The van der Waals surface area contributed by atoms with Crippen LogP contribution in [-0.2, 0) is 8.53 Å². The second kappa shape index (κ2) is 6.84. The van der Waals surface area contributed by atoms with Crippen molar-refractivity contribution in [1.82, 2.24) is 0 Å². The predicted octanol–water partition coefficient (Wildman–Crippen LogP) is 2.85. The molecule has 0 aliphatic rings. The molecule has 78 valence electrons. The predicted molar refractivity (Wildman–Crippen MR) is 58.4 cm³/mol. The molecule has 3 heteroatoms. The van der Waals surface area contributed by atoms with Crippen molar-refractivity contribution >= 4 is 14.5 Å². The second-order valence-corrected chi connectivity index (χ2v) is 7.48. The summed E-state index contributed by atoms with van der Waals surface area (Å²) in [6.45, 7) is 12.1. The molecule has 0 saturated heterocycles. The first-order valence-electron chi connectivity index (χ1n) is 5.25. The third-order valence-electron chi connectivity index (χ3n) is 1.88. The minimum absolute atomic E-state index is 0.0289. The smallest absolute Gasteiger partial charge is 0.460 e. The molecule has 0 rings (SSSR count). The van der Waals surface area contributed by atoms with Crippen molar-refractivity contribution in [1.29, 1.82) is 0 Å². The summed E-state index contributed by atoms with van der Waals surface area (Å²) in [5, 5.41) is 2.46. The molecule has 0 unspecified atom stereocenters. The maximum atomic E-state index is 5.75. The molecule has 0 radical (unpaired) electrons. The quantitative estimate of drug-likeness (QED) is 0.487. The Bertz CT molecular complexity index is 117. The molecule has 0 amide bonds. The highest BCUT2D eigenvalue weighted by Gasteiger charge is 2.15. The monoisotopic (exact) mass is 202 g/mol. The molecule has 0 aromatic rings. The molecule has 0 aromatic carbocycles. The van der Waals surface area contributed by atoms with Gasteiger partial charge in [0.1, 0.15) is 0 Å². The van der Waals surface area contributed by atoms with Crippen LogP contribution in [0, 0.1) is 0 Å². The highest BCUT2D eigenvalue weighted by molar-refractivity contribution is 6.51. The zero-order valence-corrected chi connectivity index (χ0v) is 10.9. The fraction of sp³-hybridized carbons (Fsp3) is 1.00. The summed E-state index contributed by atoms with van der Waals surface area (Å²) in [7, 11) is 0. The van der Waals surface area contributed by atoms with Gasteiger partial charge >= 0.3 is 14.5 Å². The van der Waals surface area contributed by atoms with Crippen molar-refractivity contribution in [2.75, 3.05) is 13.2 Å². The van der Waals surface area contributed by atoms with E-state index in [1.807, 2.05) is 0 Å². The minimum atomic E-state index is -0.858. The zero-order valence-electron chi connectivity index (χ0n) is 9.72. The molecular formula is C10H23AlO2. The van der Waals surface area contributed by atoms with Gasteiger partial charge in [0.25, 0.3) is 0 Å². The molecule has 0 N–H and O–H groups in total. The first-order chi connectivity index (χ1) is 5.99. The molecule has 0 aromatic heterocycles. The lowest BCUT2D eigenvalue weighted by atomic mass is 10.2. The molecule has 0 fully saturated rings. The molecule has 0 saturated carbocycles. The fourth-order valence-electron chi connectivity index (χ4n) is 1.09. The fourth-order valence-corrected chi connectivity index (χ4v) is 2.57. The first kappa shape index (κ1) is 13.5. The van der Waals surface area contributed by atoms with Gasteiger partial charge in [-0.3, -0.25) is 0 Å². The molecular weight excluding hydrogens is 179 g/mol. The summed E-state index contributed by atoms with van der Waals surface area (Å²) < 4.78 is 11.3. The van der Waals surface area contributed by atoms with Gasteiger partial charge in [-0.1, -0.05) is 24.4 Å². The van der Waals surface area contributed by atoms with Crippen LogP contribution in [0.5, 0.6) is 0 Å². The Balaban J connectivity index is 3.34. The summed E-state index contributed by atoms with van der Waals surface area (Å²) in [5.74, 6) is 0. The Labute approximate surface area is 87.3 Å². The van der Waals surface area contributed by atoms with Gasteiger partial charge in [-0.25, -0.2) is 0 Å². The lowest BCUT2D eigenvalue weighted by Crippen LogP contribution is -2.24. The van der Waals surface area contributed by atoms with E-state index in [2.05, 4.69) is 34.6 Å². The number of rotatable bonds is 6. The molecule has 0 bridgehead atoms. The van der Waals surface area contributed by atoms with Crippen LogP contribution in [0.2, 0.25) is 10.6 Å². The lowest BCUT2D eigenvalue weighted by Gasteiger charge is -2.20. The van der Waals surface area contributed by atoms with Gasteiger partial charge in [0.15, 0.2) is 0 Å². The zero-order chi connectivity index (χ0) is 10.3. The largest absolute Gasteiger partial charge is 0.499 e. The van der Waals surface area contributed by atoms with Crippen LogP contribution >= 0.6 is 0 Å². The van der Waals surface area contributed by atoms with E-state index in [9.17, 15) is 0 Å². The van der Waals surface area contributed by atoms with Crippen molar-refractivity contribution in [2.45, 2.75) is 50.8 Å². The summed E-state index contributed by atoms with van der Waals surface area (Å²) in [4.78, 5) is 0. The molecule has 0 spiro atoms. The number of hydrogen-bond acceptors (Lipinski definition) is 2. The van der Waals surface area contributed by atoms with E-state index in [0.717, 1.165) is 13.2 Å². The molecule has 2 nitrogen and oxygen atoms in total. The van der Waals surface area contributed by atoms with E-state index in [1.54, 1.807) is 0 Å². The van der Waals surface area contributed by atoms with Crippen molar-refractivity contribution in [3.8, 4) is 0 Å². The second-order valence-electron chi connectivity index (χ2n) is 4.27. The topological polar surface area (TPSA) is 18.5 Å². The third kappa shape index (κ3) is 8.77. The van der Waals surface area contributed by atoms with E-state index >= 15 is 0 Å². The molecule has 13 heavy (non-hydrogen) atoms. The van der Waals surface area contributed by atoms with Crippen LogP contribution in [0.15, 0.2) is 0 Å². The van der Waals surface area contributed by atoms with Crippen LogP contribution in [0.4, 0.5) is 0 Å². The standard InChI is InChI=1S/C6H13O2.2C2H5.Al/c1-6(2,3)8-5-4-7;2*1-2;/h4-5H2,1-3H3;2*1H2,2H3;/q-1;;;+1. The van der Waals surface area contributed by atoms with Crippen LogP contribution in [0.3, 0.4) is 0 Å². The van der Waals surface area contributed by atoms with Gasteiger partial charge in [-0.2, -0.15) is 0 Å². The Morgan fingerprint density at radius 1 is 1.00 bits per heavy atom. The molecule has 0 aliphatic heterocycles. The summed E-state index contributed by atoms with van der Waals surface area (Å²) in [6, 6.07) is 0. The Morgan fingerprint density at radius 3 is 1.92 bits per heavy atom. The highest BCUT2D eigenvalue weighted by Crippen LogP contribution is 2.06. The van der Waals surface area contributed by atoms with Gasteiger partial charge in [0.05, 0.1) is 12.2 Å². The van der Waals surface area contributed by atoms with Gasteiger partial charge in [-0.05, 0) is 20.8 Å². The van der Waals surface area contributed by atoms with Crippen LogP contribution in [-0.4, -0.2) is 33.3 Å². The van der Waals surface area contributed by atoms with Crippen molar-refractivity contribution in [3.63, 3.8) is 0 Å². The molecule has 0 aliphatic carbocycles. The third-order valence-corrected chi connectivity index (χ3v) is 4.41. The Hall–Kier alpha value is 0.452. The SMILES string of the molecule is C[CH2][Al]([CH2]C)[O]CCOC(C)(C)C. The van der Waals surface area contributed by atoms with E-state index in [4.69, 9.17) is 8.53 Å². The van der Waals surface area contributed by atoms with Gasteiger partial charge in [0.2, 0.25) is 0 Å². The summed E-state index contributed by atoms with van der Waals surface area (Å²) >= 11 is -0.858. The highest BCUT2D eigenvalue weighted by atomic mass is 27.2. The normalized spacial score (nSPS) is 11.8. The lowest BCUT2D eigenvalue weighted by molar-refractivity contribution is -0.0168. The van der Waals surface area contributed by atoms with E-state index in [1.165, 1.54) is 10.6 Å². The van der Waals surface area contributed by atoms with Crippen LogP contribution in [0.25, 0.3) is 0 Å². The average molecular weight is 202 g/mol. The summed E-state index contributed by atoms with van der Waals surface area (Å²) in [5.41, 5.74) is -0.0289. The maximum Gasteiger partial charge on any atom is 0.460 e. The van der Waals surface area contributed by atoms with E-state index in [-0.39, 0.29) is 5.60 Å². The average Bonchev–Trinajstić information content (AvgIpc) is 2.03. The van der Waals surface area contributed by atoms with Gasteiger partial charge < -0.3 is 8.53 Å².